The van der Waals surface area contributed by atoms with Gasteiger partial charge in [-0.2, -0.15) is 9.78 Å². The van der Waals surface area contributed by atoms with E-state index < -0.39 is 0 Å². The van der Waals surface area contributed by atoms with Crippen molar-refractivity contribution >= 4 is 5.82 Å². The van der Waals surface area contributed by atoms with Crippen molar-refractivity contribution in [2.75, 3.05) is 5.73 Å². The number of fused-ring (bicyclic) bond motifs is 1. The molecule has 0 saturated heterocycles. The van der Waals surface area contributed by atoms with E-state index >= 15 is 0 Å². The van der Waals surface area contributed by atoms with E-state index in [1.54, 1.807) is 24.5 Å². The number of anilines is 1. The minimum atomic E-state index is -0.109. The lowest BCUT2D eigenvalue weighted by atomic mass is 10.3. The Labute approximate surface area is 119 Å². The van der Waals surface area contributed by atoms with Gasteiger partial charge < -0.3 is 10.2 Å². The maximum absolute atomic E-state index is 12.1. The summed E-state index contributed by atoms with van der Waals surface area (Å²) in [5.41, 5.74) is 8.07. The zero-order valence-electron chi connectivity index (χ0n) is 11.2. The van der Waals surface area contributed by atoms with Gasteiger partial charge in [-0.1, -0.05) is 0 Å². The first kappa shape index (κ1) is 12.0. The van der Waals surface area contributed by atoms with Gasteiger partial charge >= 0.3 is 0 Å². The van der Waals surface area contributed by atoms with E-state index in [0.29, 0.717) is 23.2 Å². The van der Waals surface area contributed by atoms with Gasteiger partial charge in [-0.3, -0.25) is 9.78 Å². The number of rotatable bonds is 2. The van der Waals surface area contributed by atoms with Crippen LogP contribution in [0.2, 0.25) is 0 Å². The molecule has 106 valence electrons. The second-order valence-electron chi connectivity index (χ2n) is 5.01. The summed E-state index contributed by atoms with van der Waals surface area (Å²) in [6.07, 6.45) is 4.13. The third kappa shape index (κ3) is 1.85. The van der Waals surface area contributed by atoms with Crippen molar-refractivity contribution in [3.8, 4) is 17.4 Å². The summed E-state index contributed by atoms with van der Waals surface area (Å²) in [6.45, 7) is 0. The average Bonchev–Trinajstić information content (AvgIpc) is 3.17. The maximum atomic E-state index is 12.1. The molecule has 0 fully saturated rings. The Balaban J connectivity index is 1.84. The predicted molar refractivity (Wildman–Crippen MR) is 76.1 cm³/mol. The lowest BCUT2D eigenvalue weighted by Gasteiger charge is -2.04. The van der Waals surface area contributed by atoms with Crippen LogP contribution < -0.4 is 11.3 Å². The number of nitrogens with two attached hydrogens (primary N) is 1. The molecular formula is C14H13N5O2. The lowest BCUT2D eigenvalue weighted by Crippen LogP contribution is -2.19. The maximum Gasteiger partial charge on any atom is 0.255 e. The molecule has 7 nitrogen and oxygen atoms in total. The molecule has 1 aliphatic rings. The van der Waals surface area contributed by atoms with E-state index in [-0.39, 0.29) is 5.56 Å². The molecule has 0 amide bonds. The molecular weight excluding hydrogens is 270 g/mol. The first-order chi connectivity index (χ1) is 10.2. The van der Waals surface area contributed by atoms with Gasteiger partial charge in [0.2, 0.25) is 5.95 Å². The second kappa shape index (κ2) is 4.34. The molecule has 3 heterocycles. The van der Waals surface area contributed by atoms with Crippen LogP contribution in [0.25, 0.3) is 17.4 Å². The number of aryl methyl sites for hydroxylation is 1. The molecule has 3 N–H and O–H groups in total. The third-order valence-corrected chi connectivity index (χ3v) is 3.64. The van der Waals surface area contributed by atoms with E-state index in [0.717, 1.165) is 30.5 Å². The number of hydrogen-bond donors (Lipinski definition) is 2. The van der Waals surface area contributed by atoms with Crippen LogP contribution >= 0.6 is 0 Å². The van der Waals surface area contributed by atoms with Crippen molar-refractivity contribution in [2.24, 2.45) is 0 Å². The zero-order valence-corrected chi connectivity index (χ0v) is 11.2. The highest BCUT2D eigenvalue weighted by Crippen LogP contribution is 2.23. The molecule has 3 aromatic heterocycles. The van der Waals surface area contributed by atoms with E-state index in [2.05, 4.69) is 15.1 Å². The minimum Gasteiger partial charge on any atom is -0.463 e. The Kier molecular flexibility index (Phi) is 2.47. The van der Waals surface area contributed by atoms with Crippen LogP contribution in [0.3, 0.4) is 0 Å². The molecule has 21 heavy (non-hydrogen) atoms. The zero-order chi connectivity index (χ0) is 14.4. The van der Waals surface area contributed by atoms with Crippen LogP contribution in [-0.2, 0) is 12.8 Å². The van der Waals surface area contributed by atoms with Crippen LogP contribution in [0.4, 0.5) is 5.82 Å². The first-order valence-electron chi connectivity index (χ1n) is 6.74. The Morgan fingerprint density at radius 2 is 2.29 bits per heavy atom. The van der Waals surface area contributed by atoms with Crippen LogP contribution in [0.1, 0.15) is 17.7 Å². The molecule has 0 spiro atoms. The summed E-state index contributed by atoms with van der Waals surface area (Å²) in [5.74, 6) is 1.35. The topological polar surface area (TPSA) is 103 Å². The second-order valence-corrected chi connectivity index (χ2v) is 5.01. The normalized spacial score (nSPS) is 13.5. The van der Waals surface area contributed by atoms with Crippen molar-refractivity contribution in [2.45, 2.75) is 19.3 Å². The number of furan rings is 1. The van der Waals surface area contributed by atoms with Gasteiger partial charge in [0.25, 0.3) is 5.56 Å². The minimum absolute atomic E-state index is 0.109. The number of nitrogens with one attached hydrogen (secondary N) is 1. The SMILES string of the molecule is Nc1cc(-c2ccco2)nn1-c1nc2c(c(=O)[nH]1)CCC2. The summed E-state index contributed by atoms with van der Waals surface area (Å²) < 4.78 is 6.73. The molecule has 0 radical (unpaired) electrons. The largest absolute Gasteiger partial charge is 0.463 e. The Morgan fingerprint density at radius 1 is 1.38 bits per heavy atom. The number of nitrogen functional groups attached to an aromatic ring is 1. The monoisotopic (exact) mass is 283 g/mol. The molecule has 0 aromatic carbocycles. The van der Waals surface area contributed by atoms with Crippen molar-refractivity contribution < 1.29 is 4.42 Å². The van der Waals surface area contributed by atoms with Gasteiger partial charge in [-0.25, -0.2) is 4.98 Å². The highest BCUT2D eigenvalue weighted by atomic mass is 16.3. The fraction of sp³-hybridized carbons (Fsp3) is 0.214. The van der Waals surface area contributed by atoms with Crippen molar-refractivity contribution in [1.29, 1.82) is 0 Å². The summed E-state index contributed by atoms with van der Waals surface area (Å²) in [6, 6.07) is 5.26. The van der Waals surface area contributed by atoms with Crippen LogP contribution in [-0.4, -0.2) is 19.7 Å². The lowest BCUT2D eigenvalue weighted by molar-refractivity contribution is 0.578. The quantitative estimate of drug-likeness (QED) is 0.737. The fourth-order valence-electron chi connectivity index (χ4n) is 2.64. The van der Waals surface area contributed by atoms with E-state index in [1.807, 2.05) is 0 Å². The number of aromatic amines is 1. The Hall–Kier alpha value is -2.83. The Morgan fingerprint density at radius 3 is 3.10 bits per heavy atom. The standard InChI is InChI=1S/C14H13N5O2/c15-12-7-10(11-5-2-6-21-11)18-19(12)14-16-9-4-1-3-8(9)13(20)17-14/h2,5-7H,1,3-4,15H2,(H,16,17,20). The highest BCUT2D eigenvalue weighted by Gasteiger charge is 2.19. The molecule has 7 heteroatoms. The summed E-state index contributed by atoms with van der Waals surface area (Å²) in [4.78, 5) is 19.3. The van der Waals surface area contributed by atoms with Crippen LogP contribution in [0.5, 0.6) is 0 Å². The van der Waals surface area contributed by atoms with E-state index in [1.165, 1.54) is 4.68 Å². The Bertz CT molecular complexity index is 860. The van der Waals surface area contributed by atoms with Gasteiger partial charge in [0.05, 0.1) is 12.0 Å². The number of H-pyrrole nitrogens is 1. The molecule has 4 rings (SSSR count). The molecule has 1 aliphatic carbocycles. The number of nitrogens with zero attached hydrogens (tertiary/aromatic N) is 3. The van der Waals surface area contributed by atoms with Gasteiger partial charge in [0.15, 0.2) is 5.76 Å². The molecule has 0 aliphatic heterocycles. The van der Waals surface area contributed by atoms with Crippen molar-refractivity contribution in [3.63, 3.8) is 0 Å². The van der Waals surface area contributed by atoms with E-state index in [9.17, 15) is 4.79 Å². The molecule has 0 saturated carbocycles. The summed E-state index contributed by atoms with van der Waals surface area (Å²) in [5, 5.41) is 4.35. The van der Waals surface area contributed by atoms with E-state index in [4.69, 9.17) is 10.2 Å². The smallest absolute Gasteiger partial charge is 0.255 e. The van der Waals surface area contributed by atoms with Gasteiger partial charge in [-0.15, -0.1) is 0 Å². The fourth-order valence-corrected chi connectivity index (χ4v) is 2.64. The summed E-state index contributed by atoms with van der Waals surface area (Å²) >= 11 is 0. The molecule has 0 unspecified atom stereocenters. The third-order valence-electron chi connectivity index (χ3n) is 3.64. The molecule has 0 bridgehead atoms. The van der Waals surface area contributed by atoms with Crippen molar-refractivity contribution in [3.05, 3.63) is 46.1 Å². The van der Waals surface area contributed by atoms with Crippen LogP contribution in [0.15, 0.2) is 33.7 Å². The predicted octanol–water partition coefficient (Wildman–Crippen LogP) is 1.29. The average molecular weight is 283 g/mol. The van der Waals surface area contributed by atoms with Gasteiger partial charge in [0.1, 0.15) is 11.5 Å². The molecule has 0 atom stereocenters. The van der Waals surface area contributed by atoms with Crippen molar-refractivity contribution in [1.82, 2.24) is 19.7 Å². The molecule has 3 aromatic rings. The summed E-state index contributed by atoms with van der Waals surface area (Å²) in [7, 11) is 0. The van der Waals surface area contributed by atoms with Gasteiger partial charge in [0, 0.05) is 11.6 Å². The highest BCUT2D eigenvalue weighted by molar-refractivity contribution is 5.57. The number of hydrogen-bond acceptors (Lipinski definition) is 5. The van der Waals surface area contributed by atoms with Gasteiger partial charge in [-0.05, 0) is 31.4 Å². The van der Waals surface area contributed by atoms with Crippen LogP contribution in [0, 0.1) is 0 Å². The first-order valence-corrected chi connectivity index (χ1v) is 6.74. The number of aromatic nitrogens is 4.